The van der Waals surface area contributed by atoms with Crippen LogP contribution in [0.3, 0.4) is 0 Å². The van der Waals surface area contributed by atoms with E-state index in [1.165, 1.54) is 11.3 Å². The van der Waals surface area contributed by atoms with Crippen molar-refractivity contribution in [1.29, 1.82) is 0 Å². The zero-order chi connectivity index (χ0) is 12.1. The van der Waals surface area contributed by atoms with Crippen LogP contribution in [0.15, 0.2) is 30.5 Å². The Morgan fingerprint density at radius 3 is 2.71 bits per heavy atom. The highest BCUT2D eigenvalue weighted by Crippen LogP contribution is 2.22. The molecule has 1 aromatic carbocycles. The summed E-state index contributed by atoms with van der Waals surface area (Å²) in [5, 5.41) is 0. The molecule has 0 fully saturated rings. The van der Waals surface area contributed by atoms with Crippen molar-refractivity contribution in [3.05, 3.63) is 39.8 Å². The first kappa shape index (κ1) is 12.2. The number of ether oxygens (including phenoxy) is 2. The maximum absolute atomic E-state index is 5.74. The van der Waals surface area contributed by atoms with Gasteiger partial charge >= 0.3 is 0 Å². The Hall–Kier alpha value is -1.26. The van der Waals surface area contributed by atoms with E-state index in [0.717, 1.165) is 16.4 Å². The largest absolute Gasteiger partial charge is 0.494 e. The second-order valence-corrected chi connectivity index (χ2v) is 4.97. The first-order valence-electron chi connectivity index (χ1n) is 5.24. The normalized spacial score (nSPS) is 10.2. The molecular weight excluding hydrogens is 258 g/mol. The summed E-state index contributed by atoms with van der Waals surface area (Å²) in [5.74, 6) is 1.59. The van der Waals surface area contributed by atoms with E-state index in [9.17, 15) is 0 Å². The summed E-state index contributed by atoms with van der Waals surface area (Å²) in [6.07, 6.45) is 1.72. The van der Waals surface area contributed by atoms with Crippen LogP contribution in [0.5, 0.6) is 11.5 Å². The zero-order valence-corrected chi connectivity index (χ0v) is 10.9. The highest BCUT2D eigenvalue weighted by atomic mass is 35.5. The smallest absolute Gasteiger partial charge is 0.183 e. The monoisotopic (exact) mass is 269 g/mol. The van der Waals surface area contributed by atoms with Crippen LogP contribution >= 0.6 is 22.9 Å². The SMILES string of the molecule is CCOc1cccc(OCc2cnc(Cl)s2)c1. The lowest BCUT2D eigenvalue weighted by molar-refractivity contribution is 0.302. The molecule has 1 heterocycles. The highest BCUT2D eigenvalue weighted by molar-refractivity contribution is 7.15. The first-order chi connectivity index (χ1) is 8.28. The summed E-state index contributed by atoms with van der Waals surface area (Å²) in [7, 11) is 0. The number of thiazole rings is 1. The number of halogens is 1. The van der Waals surface area contributed by atoms with Crippen LogP contribution < -0.4 is 9.47 Å². The molecule has 0 spiro atoms. The molecule has 0 bridgehead atoms. The Labute approximate surface area is 109 Å². The number of hydrogen-bond donors (Lipinski definition) is 0. The minimum Gasteiger partial charge on any atom is -0.494 e. The average Bonchev–Trinajstić information content (AvgIpc) is 2.74. The summed E-state index contributed by atoms with van der Waals surface area (Å²) >= 11 is 7.16. The standard InChI is InChI=1S/C12H12ClNO2S/c1-2-15-9-4-3-5-10(6-9)16-8-11-7-14-12(13)17-11/h3-7H,2,8H2,1H3. The molecule has 1 aromatic heterocycles. The van der Waals surface area contributed by atoms with Gasteiger partial charge in [0.15, 0.2) is 4.47 Å². The number of nitrogens with zero attached hydrogens (tertiary/aromatic N) is 1. The minimum atomic E-state index is 0.472. The minimum absolute atomic E-state index is 0.472. The van der Waals surface area contributed by atoms with Gasteiger partial charge in [0, 0.05) is 12.3 Å². The molecule has 0 aliphatic carbocycles. The predicted octanol–water partition coefficient (Wildman–Crippen LogP) is 3.77. The van der Waals surface area contributed by atoms with Crippen molar-refractivity contribution in [3.63, 3.8) is 0 Å². The second-order valence-electron chi connectivity index (χ2n) is 3.28. The van der Waals surface area contributed by atoms with Crippen LogP contribution in [0, 0.1) is 0 Å². The number of aromatic nitrogens is 1. The average molecular weight is 270 g/mol. The van der Waals surface area contributed by atoms with Gasteiger partial charge in [-0.15, -0.1) is 11.3 Å². The topological polar surface area (TPSA) is 31.4 Å². The van der Waals surface area contributed by atoms with Crippen LogP contribution in [-0.2, 0) is 6.61 Å². The third-order valence-electron chi connectivity index (χ3n) is 2.02. The molecule has 3 nitrogen and oxygen atoms in total. The zero-order valence-electron chi connectivity index (χ0n) is 9.35. The third-order valence-corrected chi connectivity index (χ3v) is 3.11. The molecule has 0 amide bonds. The van der Waals surface area contributed by atoms with Crippen LogP contribution in [0.4, 0.5) is 0 Å². The van der Waals surface area contributed by atoms with Gasteiger partial charge in [-0.25, -0.2) is 4.98 Å². The number of hydrogen-bond acceptors (Lipinski definition) is 4. The van der Waals surface area contributed by atoms with Gasteiger partial charge < -0.3 is 9.47 Å². The van der Waals surface area contributed by atoms with E-state index < -0.39 is 0 Å². The molecular formula is C12H12ClNO2S. The molecule has 0 aliphatic heterocycles. The molecule has 2 aromatic rings. The van der Waals surface area contributed by atoms with Gasteiger partial charge in [-0.1, -0.05) is 17.7 Å². The number of rotatable bonds is 5. The van der Waals surface area contributed by atoms with Crippen molar-refractivity contribution in [2.75, 3.05) is 6.61 Å². The van der Waals surface area contributed by atoms with Gasteiger partial charge in [0.2, 0.25) is 0 Å². The second kappa shape index (κ2) is 5.89. The summed E-state index contributed by atoms with van der Waals surface area (Å²) in [4.78, 5) is 4.95. The summed E-state index contributed by atoms with van der Waals surface area (Å²) in [6, 6.07) is 7.57. The van der Waals surface area contributed by atoms with Crippen molar-refractivity contribution in [3.8, 4) is 11.5 Å². The van der Waals surface area contributed by atoms with Crippen LogP contribution in [0.25, 0.3) is 0 Å². The van der Waals surface area contributed by atoms with Crippen LogP contribution in [0.2, 0.25) is 4.47 Å². The molecule has 0 unspecified atom stereocenters. The van der Waals surface area contributed by atoms with Gasteiger partial charge in [-0.2, -0.15) is 0 Å². The molecule has 0 N–H and O–H groups in total. The van der Waals surface area contributed by atoms with Crippen LogP contribution in [-0.4, -0.2) is 11.6 Å². The van der Waals surface area contributed by atoms with E-state index in [1.54, 1.807) is 6.20 Å². The van der Waals surface area contributed by atoms with E-state index >= 15 is 0 Å². The molecule has 0 atom stereocenters. The molecule has 0 radical (unpaired) electrons. The Kier molecular flexibility index (Phi) is 4.23. The fourth-order valence-electron chi connectivity index (χ4n) is 1.33. The molecule has 2 rings (SSSR count). The van der Waals surface area contributed by atoms with Gasteiger partial charge in [0.1, 0.15) is 18.1 Å². The maximum Gasteiger partial charge on any atom is 0.183 e. The van der Waals surface area contributed by atoms with Crippen molar-refractivity contribution >= 4 is 22.9 Å². The van der Waals surface area contributed by atoms with E-state index in [0.29, 0.717) is 17.7 Å². The fraction of sp³-hybridized carbons (Fsp3) is 0.250. The van der Waals surface area contributed by atoms with Gasteiger partial charge in [0.05, 0.1) is 11.5 Å². The van der Waals surface area contributed by atoms with E-state index in [1.807, 2.05) is 31.2 Å². The molecule has 0 saturated heterocycles. The Morgan fingerprint density at radius 1 is 1.29 bits per heavy atom. The third kappa shape index (κ3) is 3.61. The summed E-state index contributed by atoms with van der Waals surface area (Å²) < 4.78 is 11.5. The van der Waals surface area contributed by atoms with Crippen LogP contribution in [0.1, 0.15) is 11.8 Å². The first-order valence-corrected chi connectivity index (χ1v) is 6.43. The van der Waals surface area contributed by atoms with Crippen molar-refractivity contribution in [2.45, 2.75) is 13.5 Å². The Morgan fingerprint density at radius 2 is 2.06 bits per heavy atom. The Bertz CT molecular complexity index is 487. The van der Waals surface area contributed by atoms with E-state index in [4.69, 9.17) is 21.1 Å². The predicted molar refractivity (Wildman–Crippen MR) is 69.1 cm³/mol. The lowest BCUT2D eigenvalue weighted by atomic mass is 10.3. The van der Waals surface area contributed by atoms with Gasteiger partial charge in [-0.05, 0) is 19.1 Å². The van der Waals surface area contributed by atoms with Gasteiger partial charge in [0.25, 0.3) is 0 Å². The van der Waals surface area contributed by atoms with Crippen molar-refractivity contribution in [1.82, 2.24) is 4.98 Å². The lowest BCUT2D eigenvalue weighted by Gasteiger charge is -2.07. The molecule has 90 valence electrons. The molecule has 0 aliphatic rings. The van der Waals surface area contributed by atoms with Crippen molar-refractivity contribution < 1.29 is 9.47 Å². The summed E-state index contributed by atoms with van der Waals surface area (Å²) in [5.41, 5.74) is 0. The van der Waals surface area contributed by atoms with E-state index in [2.05, 4.69) is 4.98 Å². The highest BCUT2D eigenvalue weighted by Gasteiger charge is 2.01. The van der Waals surface area contributed by atoms with Crippen molar-refractivity contribution in [2.24, 2.45) is 0 Å². The molecule has 17 heavy (non-hydrogen) atoms. The Balaban J connectivity index is 1.96. The molecule has 5 heteroatoms. The quantitative estimate of drug-likeness (QED) is 0.828. The number of benzene rings is 1. The fourth-order valence-corrected chi connectivity index (χ4v) is 2.22. The summed E-state index contributed by atoms with van der Waals surface area (Å²) in [6.45, 7) is 3.07. The maximum atomic E-state index is 5.74. The van der Waals surface area contributed by atoms with Gasteiger partial charge in [-0.3, -0.25) is 0 Å². The lowest BCUT2D eigenvalue weighted by Crippen LogP contribution is -1.95. The molecule has 0 saturated carbocycles. The van der Waals surface area contributed by atoms with E-state index in [-0.39, 0.29) is 0 Å².